The lowest BCUT2D eigenvalue weighted by atomic mass is 9.95. The summed E-state index contributed by atoms with van der Waals surface area (Å²) < 4.78 is 10.4. The second-order valence-electron chi connectivity index (χ2n) is 4.45. The second-order valence-corrected chi connectivity index (χ2v) is 4.45. The van der Waals surface area contributed by atoms with Gasteiger partial charge in [-0.3, -0.25) is 4.79 Å². The molecule has 0 aromatic heterocycles. The van der Waals surface area contributed by atoms with Gasteiger partial charge in [0, 0.05) is 14.0 Å². The summed E-state index contributed by atoms with van der Waals surface area (Å²) in [4.78, 5) is 22.1. The molecule has 1 amide bonds. The summed E-state index contributed by atoms with van der Waals surface area (Å²) in [6.07, 6.45) is -1.57. The fourth-order valence-corrected chi connectivity index (χ4v) is 2.09. The van der Waals surface area contributed by atoms with Gasteiger partial charge in [0.25, 0.3) is 0 Å². The fourth-order valence-electron chi connectivity index (χ4n) is 2.09. The van der Waals surface area contributed by atoms with Gasteiger partial charge in [-0.2, -0.15) is 0 Å². The van der Waals surface area contributed by atoms with E-state index in [1.807, 2.05) is 0 Å². The molecule has 0 bridgehead atoms. The molecule has 1 rings (SSSR count). The molecule has 0 aromatic rings. The Morgan fingerprint density at radius 1 is 1.60 bits per heavy atom. The van der Waals surface area contributed by atoms with E-state index in [0.29, 0.717) is 0 Å². The maximum absolute atomic E-state index is 11.2. The SMILES string of the molecule is COC(C(O)CO)C1OC(C(=O)O)=CCC1NC(C)=O. The molecular weight excluding hydrogens is 270 g/mol. The molecule has 1 heterocycles. The van der Waals surface area contributed by atoms with E-state index in [0.717, 1.165) is 0 Å². The van der Waals surface area contributed by atoms with Gasteiger partial charge >= 0.3 is 5.97 Å². The Bertz CT molecular complexity index is 395. The average Bonchev–Trinajstić information content (AvgIpc) is 2.40. The molecule has 0 saturated carbocycles. The molecule has 4 unspecified atom stereocenters. The van der Waals surface area contributed by atoms with Crippen molar-refractivity contribution in [1.82, 2.24) is 5.32 Å². The number of aliphatic hydroxyl groups excluding tert-OH is 2. The summed E-state index contributed by atoms with van der Waals surface area (Å²) in [5.74, 6) is -1.84. The highest BCUT2D eigenvalue weighted by Crippen LogP contribution is 2.23. The highest BCUT2D eigenvalue weighted by molar-refractivity contribution is 5.84. The van der Waals surface area contributed by atoms with Gasteiger partial charge in [-0.25, -0.2) is 4.79 Å². The number of carbonyl (C=O) groups is 2. The summed E-state index contributed by atoms with van der Waals surface area (Å²) in [5, 5.41) is 30.3. The maximum atomic E-state index is 11.2. The van der Waals surface area contributed by atoms with Crippen LogP contribution in [-0.2, 0) is 19.1 Å². The van der Waals surface area contributed by atoms with Crippen LogP contribution in [-0.4, -0.2) is 65.3 Å². The lowest BCUT2D eigenvalue weighted by Crippen LogP contribution is -2.55. The van der Waals surface area contributed by atoms with E-state index in [1.54, 1.807) is 0 Å². The van der Waals surface area contributed by atoms with Crippen molar-refractivity contribution in [2.45, 2.75) is 37.7 Å². The largest absolute Gasteiger partial charge is 0.478 e. The molecule has 1 aliphatic heterocycles. The smallest absolute Gasteiger partial charge is 0.370 e. The summed E-state index contributed by atoms with van der Waals surface area (Å²) in [5.41, 5.74) is 0. The fraction of sp³-hybridized carbons (Fsp3) is 0.667. The summed E-state index contributed by atoms with van der Waals surface area (Å²) in [6, 6.07) is -0.554. The summed E-state index contributed by atoms with van der Waals surface area (Å²) in [7, 11) is 1.30. The third kappa shape index (κ3) is 3.92. The zero-order chi connectivity index (χ0) is 15.3. The molecule has 4 N–H and O–H groups in total. The van der Waals surface area contributed by atoms with Crippen LogP contribution in [0, 0.1) is 0 Å². The zero-order valence-corrected chi connectivity index (χ0v) is 11.3. The van der Waals surface area contributed by atoms with Gasteiger partial charge < -0.3 is 30.1 Å². The predicted octanol–water partition coefficient (Wildman–Crippen LogP) is -1.38. The van der Waals surface area contributed by atoms with Crippen LogP contribution in [0.25, 0.3) is 0 Å². The highest BCUT2D eigenvalue weighted by Gasteiger charge is 2.39. The minimum Gasteiger partial charge on any atom is -0.478 e. The first-order chi connectivity index (χ1) is 9.40. The van der Waals surface area contributed by atoms with Crippen molar-refractivity contribution in [3.05, 3.63) is 11.8 Å². The average molecular weight is 289 g/mol. The van der Waals surface area contributed by atoms with Crippen molar-refractivity contribution >= 4 is 11.9 Å². The minimum atomic E-state index is -1.26. The van der Waals surface area contributed by atoms with Gasteiger partial charge in [0.2, 0.25) is 11.7 Å². The molecule has 4 atom stereocenters. The van der Waals surface area contributed by atoms with E-state index in [2.05, 4.69) is 5.32 Å². The molecular formula is C12H19NO7. The Morgan fingerprint density at radius 3 is 2.70 bits per heavy atom. The Labute approximate surface area is 116 Å². The predicted molar refractivity (Wildman–Crippen MR) is 66.7 cm³/mol. The first-order valence-electron chi connectivity index (χ1n) is 6.09. The van der Waals surface area contributed by atoms with Gasteiger partial charge in [0.1, 0.15) is 18.3 Å². The molecule has 8 nitrogen and oxygen atoms in total. The molecule has 1 aliphatic rings. The van der Waals surface area contributed by atoms with Crippen LogP contribution in [0.1, 0.15) is 13.3 Å². The molecule has 0 radical (unpaired) electrons. The number of amides is 1. The number of methoxy groups -OCH3 is 1. The number of nitrogens with one attached hydrogen (secondary N) is 1. The first kappa shape index (κ1) is 16.4. The van der Waals surface area contributed by atoms with E-state index in [9.17, 15) is 14.7 Å². The molecule has 0 spiro atoms. The lowest BCUT2D eigenvalue weighted by molar-refractivity contribution is -0.148. The number of rotatable bonds is 6. The van der Waals surface area contributed by atoms with Gasteiger partial charge in [-0.05, 0) is 12.5 Å². The van der Waals surface area contributed by atoms with Crippen molar-refractivity contribution in [3.63, 3.8) is 0 Å². The van der Waals surface area contributed by atoms with E-state index in [1.165, 1.54) is 20.1 Å². The van der Waals surface area contributed by atoms with Crippen LogP contribution in [0.15, 0.2) is 11.8 Å². The molecule has 8 heteroatoms. The lowest BCUT2D eigenvalue weighted by Gasteiger charge is -2.37. The Kier molecular flexibility index (Phi) is 5.93. The standard InChI is InChI=1S/C12H19NO7/c1-6(15)13-7-3-4-9(12(17)18)20-10(7)11(19-2)8(16)5-14/h4,7-8,10-11,14,16H,3,5H2,1-2H3,(H,13,15)(H,17,18). The Morgan fingerprint density at radius 2 is 2.25 bits per heavy atom. The third-order valence-corrected chi connectivity index (χ3v) is 2.98. The van der Waals surface area contributed by atoms with Crippen LogP contribution >= 0.6 is 0 Å². The molecule has 20 heavy (non-hydrogen) atoms. The van der Waals surface area contributed by atoms with Gasteiger partial charge in [0.05, 0.1) is 12.6 Å². The van der Waals surface area contributed by atoms with Gasteiger partial charge in [0.15, 0.2) is 0 Å². The van der Waals surface area contributed by atoms with Crippen LogP contribution in [0.4, 0.5) is 0 Å². The third-order valence-electron chi connectivity index (χ3n) is 2.98. The van der Waals surface area contributed by atoms with Crippen molar-refractivity contribution in [2.75, 3.05) is 13.7 Å². The number of aliphatic carboxylic acids is 1. The number of carboxylic acid groups (broad SMARTS) is 1. The van der Waals surface area contributed by atoms with Crippen molar-refractivity contribution in [3.8, 4) is 0 Å². The number of carbonyl (C=O) groups excluding carboxylic acids is 1. The number of carboxylic acids is 1. The van der Waals surface area contributed by atoms with Crippen LogP contribution < -0.4 is 5.32 Å². The zero-order valence-electron chi connectivity index (χ0n) is 11.3. The molecule has 114 valence electrons. The number of hydrogen-bond acceptors (Lipinski definition) is 6. The Balaban J connectivity index is 2.97. The quantitative estimate of drug-likeness (QED) is 0.474. The van der Waals surface area contributed by atoms with E-state index in [-0.39, 0.29) is 18.1 Å². The van der Waals surface area contributed by atoms with Crippen LogP contribution in [0.3, 0.4) is 0 Å². The summed E-state index contributed by atoms with van der Waals surface area (Å²) >= 11 is 0. The maximum Gasteiger partial charge on any atom is 0.370 e. The minimum absolute atomic E-state index is 0.226. The molecule has 0 aromatic carbocycles. The number of aliphatic hydroxyl groups is 2. The molecule has 0 fully saturated rings. The van der Waals surface area contributed by atoms with Crippen molar-refractivity contribution in [1.29, 1.82) is 0 Å². The number of ether oxygens (including phenoxy) is 2. The van der Waals surface area contributed by atoms with Crippen LogP contribution in [0.5, 0.6) is 0 Å². The van der Waals surface area contributed by atoms with E-state index in [4.69, 9.17) is 19.7 Å². The normalized spacial score (nSPS) is 25.1. The van der Waals surface area contributed by atoms with E-state index < -0.39 is 36.9 Å². The van der Waals surface area contributed by atoms with Crippen LogP contribution in [0.2, 0.25) is 0 Å². The monoisotopic (exact) mass is 289 g/mol. The topological polar surface area (TPSA) is 125 Å². The molecule has 0 aliphatic carbocycles. The summed E-state index contributed by atoms with van der Waals surface area (Å²) in [6.45, 7) is 0.745. The first-order valence-corrected chi connectivity index (χ1v) is 6.09. The van der Waals surface area contributed by atoms with Crippen molar-refractivity contribution in [2.24, 2.45) is 0 Å². The van der Waals surface area contributed by atoms with Crippen molar-refractivity contribution < 1.29 is 34.4 Å². The number of hydrogen-bond donors (Lipinski definition) is 4. The highest BCUT2D eigenvalue weighted by atomic mass is 16.6. The van der Waals surface area contributed by atoms with Gasteiger partial charge in [-0.1, -0.05) is 0 Å². The Hall–Kier alpha value is -1.64. The van der Waals surface area contributed by atoms with E-state index >= 15 is 0 Å². The molecule has 0 saturated heterocycles. The van der Waals surface area contributed by atoms with Gasteiger partial charge in [-0.15, -0.1) is 0 Å². The second kappa shape index (κ2) is 7.22.